The van der Waals surface area contributed by atoms with Crippen LogP contribution < -0.4 is 5.32 Å². The van der Waals surface area contributed by atoms with Gasteiger partial charge in [0.15, 0.2) is 0 Å². The standard InChI is InChI=1S/C21H26N2O/c1-13-6-14(2)9-17(8-13)20(21-22-12-19(24)23(21)5)18-10-15(3)7-16(4)11-18/h6-11,20-22H,12H2,1-5H3/t21-/m1/s1. The number of nitrogens with zero attached hydrogens (tertiary/aromatic N) is 1. The predicted octanol–water partition coefficient (Wildman–Crippen LogP) is 3.44. The van der Waals surface area contributed by atoms with Gasteiger partial charge in [-0.25, -0.2) is 0 Å². The van der Waals surface area contributed by atoms with Gasteiger partial charge >= 0.3 is 0 Å². The highest BCUT2D eigenvalue weighted by atomic mass is 16.2. The number of likely N-dealkylation sites (N-methyl/N-ethyl adjacent to an activating group) is 1. The van der Waals surface area contributed by atoms with Crippen molar-refractivity contribution in [3.05, 3.63) is 69.8 Å². The van der Waals surface area contributed by atoms with Crippen LogP contribution in [0, 0.1) is 27.7 Å². The quantitative estimate of drug-likeness (QED) is 0.939. The Morgan fingerprint density at radius 2 is 1.29 bits per heavy atom. The molecule has 1 aliphatic rings. The van der Waals surface area contributed by atoms with Crippen molar-refractivity contribution >= 4 is 5.91 Å². The molecule has 1 amide bonds. The van der Waals surface area contributed by atoms with Crippen LogP contribution in [0.5, 0.6) is 0 Å². The molecule has 126 valence electrons. The van der Waals surface area contributed by atoms with Crippen molar-refractivity contribution in [2.75, 3.05) is 13.6 Å². The second kappa shape index (κ2) is 6.40. The Morgan fingerprint density at radius 3 is 1.62 bits per heavy atom. The lowest BCUT2D eigenvalue weighted by atomic mass is 9.85. The topological polar surface area (TPSA) is 32.3 Å². The monoisotopic (exact) mass is 322 g/mol. The van der Waals surface area contributed by atoms with Crippen molar-refractivity contribution in [3.8, 4) is 0 Å². The van der Waals surface area contributed by atoms with Crippen molar-refractivity contribution in [1.82, 2.24) is 10.2 Å². The fraction of sp³-hybridized carbons (Fsp3) is 0.381. The summed E-state index contributed by atoms with van der Waals surface area (Å²) in [4.78, 5) is 13.9. The summed E-state index contributed by atoms with van der Waals surface area (Å²) in [6.45, 7) is 8.93. The van der Waals surface area contributed by atoms with Crippen LogP contribution >= 0.6 is 0 Å². The van der Waals surface area contributed by atoms with E-state index in [4.69, 9.17) is 0 Å². The second-order valence-corrected chi connectivity index (χ2v) is 7.15. The van der Waals surface area contributed by atoms with Crippen LogP contribution in [0.15, 0.2) is 36.4 Å². The number of amides is 1. The van der Waals surface area contributed by atoms with E-state index in [2.05, 4.69) is 69.4 Å². The largest absolute Gasteiger partial charge is 0.328 e. The first-order chi connectivity index (χ1) is 11.3. The molecule has 0 bridgehead atoms. The maximum Gasteiger partial charge on any atom is 0.237 e. The maximum absolute atomic E-state index is 12.1. The molecule has 0 aromatic heterocycles. The van der Waals surface area contributed by atoms with Gasteiger partial charge in [-0.05, 0) is 38.8 Å². The third-order valence-electron chi connectivity index (χ3n) is 4.80. The van der Waals surface area contributed by atoms with Gasteiger partial charge in [-0.2, -0.15) is 0 Å². The van der Waals surface area contributed by atoms with Gasteiger partial charge in [-0.1, -0.05) is 58.7 Å². The Balaban J connectivity index is 2.15. The maximum atomic E-state index is 12.1. The van der Waals surface area contributed by atoms with E-state index >= 15 is 0 Å². The van der Waals surface area contributed by atoms with Crippen molar-refractivity contribution in [1.29, 1.82) is 0 Å². The van der Waals surface area contributed by atoms with Gasteiger partial charge in [0.1, 0.15) is 0 Å². The van der Waals surface area contributed by atoms with Crippen molar-refractivity contribution in [2.45, 2.75) is 39.8 Å². The average molecular weight is 322 g/mol. The molecule has 0 spiro atoms. The summed E-state index contributed by atoms with van der Waals surface area (Å²) in [5.41, 5.74) is 7.54. The van der Waals surface area contributed by atoms with E-state index in [1.807, 2.05) is 11.9 Å². The van der Waals surface area contributed by atoms with E-state index < -0.39 is 0 Å². The third kappa shape index (κ3) is 3.22. The number of benzene rings is 2. The van der Waals surface area contributed by atoms with Gasteiger partial charge in [0, 0.05) is 13.0 Å². The number of hydrogen-bond donors (Lipinski definition) is 1. The van der Waals surface area contributed by atoms with E-state index in [1.165, 1.54) is 33.4 Å². The molecule has 24 heavy (non-hydrogen) atoms. The number of nitrogens with one attached hydrogen (secondary N) is 1. The summed E-state index contributed by atoms with van der Waals surface area (Å²) < 4.78 is 0. The van der Waals surface area contributed by atoms with Crippen molar-refractivity contribution < 1.29 is 4.79 Å². The highest BCUT2D eigenvalue weighted by Gasteiger charge is 2.35. The molecular weight excluding hydrogens is 296 g/mol. The first-order valence-electron chi connectivity index (χ1n) is 8.50. The van der Waals surface area contributed by atoms with Gasteiger partial charge in [0.25, 0.3) is 0 Å². The summed E-state index contributed by atoms with van der Waals surface area (Å²) in [7, 11) is 1.89. The minimum atomic E-state index is -0.0140. The molecule has 3 rings (SSSR count). The second-order valence-electron chi connectivity index (χ2n) is 7.15. The first kappa shape index (κ1) is 16.7. The summed E-state index contributed by atoms with van der Waals surface area (Å²) in [6.07, 6.45) is -0.0140. The zero-order valence-corrected chi connectivity index (χ0v) is 15.2. The number of hydrogen-bond acceptors (Lipinski definition) is 2. The van der Waals surface area contributed by atoms with Crippen LogP contribution in [0.1, 0.15) is 39.3 Å². The minimum absolute atomic E-state index is 0.0140. The van der Waals surface area contributed by atoms with Crippen LogP contribution in [0.3, 0.4) is 0 Å². The summed E-state index contributed by atoms with van der Waals surface area (Å²) in [5.74, 6) is 0.275. The molecule has 0 aliphatic carbocycles. The molecule has 3 heteroatoms. The first-order valence-corrected chi connectivity index (χ1v) is 8.50. The highest BCUT2D eigenvalue weighted by molar-refractivity contribution is 5.80. The number of aryl methyl sites for hydroxylation is 4. The van der Waals surface area contributed by atoms with Gasteiger partial charge in [0.2, 0.25) is 5.91 Å². The van der Waals surface area contributed by atoms with Crippen LogP contribution in [-0.2, 0) is 4.79 Å². The Hall–Kier alpha value is -2.13. The van der Waals surface area contributed by atoms with E-state index in [9.17, 15) is 4.79 Å². The molecule has 1 heterocycles. The van der Waals surface area contributed by atoms with Gasteiger partial charge in [-0.15, -0.1) is 0 Å². The van der Waals surface area contributed by atoms with Crippen LogP contribution in [0.4, 0.5) is 0 Å². The van der Waals surface area contributed by atoms with Crippen molar-refractivity contribution in [3.63, 3.8) is 0 Å². The normalized spacial score (nSPS) is 17.8. The smallest absolute Gasteiger partial charge is 0.237 e. The van der Waals surface area contributed by atoms with Crippen LogP contribution in [0.2, 0.25) is 0 Å². The van der Waals surface area contributed by atoms with E-state index in [0.29, 0.717) is 6.54 Å². The molecule has 1 N–H and O–H groups in total. The summed E-state index contributed by atoms with van der Waals surface area (Å²) >= 11 is 0. The molecular formula is C21H26N2O. The Labute approximate surface area is 144 Å². The fourth-order valence-corrected chi connectivity index (χ4v) is 3.89. The average Bonchev–Trinajstić information content (AvgIpc) is 2.78. The van der Waals surface area contributed by atoms with Crippen molar-refractivity contribution in [2.24, 2.45) is 0 Å². The number of carbonyl (C=O) groups is 1. The number of carbonyl (C=O) groups excluding carboxylic acids is 1. The summed E-state index contributed by atoms with van der Waals surface area (Å²) in [6, 6.07) is 13.4. The van der Waals surface area contributed by atoms with E-state index in [0.717, 1.165) is 0 Å². The Bertz CT molecular complexity index is 689. The minimum Gasteiger partial charge on any atom is -0.328 e. The van der Waals surface area contributed by atoms with E-state index in [-0.39, 0.29) is 18.0 Å². The Kier molecular flexibility index (Phi) is 4.46. The molecule has 2 aromatic rings. The lowest BCUT2D eigenvalue weighted by Gasteiger charge is -2.30. The molecule has 1 aliphatic heterocycles. The fourth-order valence-electron chi connectivity index (χ4n) is 3.89. The zero-order chi connectivity index (χ0) is 17.4. The molecule has 2 aromatic carbocycles. The third-order valence-corrected chi connectivity index (χ3v) is 4.80. The molecule has 1 saturated heterocycles. The highest BCUT2D eigenvalue weighted by Crippen LogP contribution is 2.33. The lowest BCUT2D eigenvalue weighted by molar-refractivity contribution is -0.126. The predicted molar refractivity (Wildman–Crippen MR) is 98.2 cm³/mol. The molecule has 1 fully saturated rings. The zero-order valence-electron chi connectivity index (χ0n) is 15.2. The molecule has 0 saturated carbocycles. The molecule has 1 atom stereocenters. The van der Waals surface area contributed by atoms with Crippen LogP contribution in [-0.4, -0.2) is 30.6 Å². The molecule has 0 unspecified atom stereocenters. The van der Waals surface area contributed by atoms with Gasteiger partial charge < -0.3 is 4.90 Å². The van der Waals surface area contributed by atoms with Crippen LogP contribution in [0.25, 0.3) is 0 Å². The summed E-state index contributed by atoms with van der Waals surface area (Å²) in [5, 5.41) is 3.41. The Morgan fingerprint density at radius 1 is 0.875 bits per heavy atom. The van der Waals surface area contributed by atoms with E-state index in [1.54, 1.807) is 0 Å². The lowest BCUT2D eigenvalue weighted by Crippen LogP contribution is -2.40. The SMILES string of the molecule is Cc1cc(C)cc(C(c2cc(C)cc(C)c2)[C@@H]2NCC(=O)N2C)c1. The van der Waals surface area contributed by atoms with Gasteiger partial charge in [-0.3, -0.25) is 10.1 Å². The van der Waals surface area contributed by atoms with Gasteiger partial charge in [0.05, 0.1) is 12.7 Å². The molecule has 3 nitrogen and oxygen atoms in total. The molecule has 0 radical (unpaired) electrons. The number of rotatable bonds is 3.